The van der Waals surface area contributed by atoms with E-state index >= 15 is 0 Å². The lowest BCUT2D eigenvalue weighted by atomic mass is 9.81. The highest BCUT2D eigenvalue weighted by molar-refractivity contribution is 6.28. The summed E-state index contributed by atoms with van der Waals surface area (Å²) < 4.78 is 25.2. The quantitative estimate of drug-likeness (QED) is 0.141. The molecule has 2 aliphatic carbocycles. The van der Waals surface area contributed by atoms with E-state index in [1.165, 1.54) is 0 Å². The van der Waals surface area contributed by atoms with Crippen LogP contribution in [0.3, 0.4) is 0 Å². The highest BCUT2D eigenvalue weighted by atomic mass is 35.5. The van der Waals surface area contributed by atoms with Crippen LogP contribution < -0.4 is 16.0 Å². The number of carbonyl (C=O) groups is 1. The number of oxazole rings is 1. The van der Waals surface area contributed by atoms with Gasteiger partial charge in [0.15, 0.2) is 11.1 Å². The molecule has 2 heterocycles. The average molecular weight is 685 g/mol. The zero-order chi connectivity index (χ0) is 34.7. The Morgan fingerprint density at radius 2 is 2.06 bits per heavy atom. The van der Waals surface area contributed by atoms with Gasteiger partial charge in [-0.1, -0.05) is 36.4 Å². The number of rotatable bonds is 13. The molecule has 0 aliphatic heterocycles. The number of carbonyl (C=O) groups excluding carboxylic acids is 1. The summed E-state index contributed by atoms with van der Waals surface area (Å²) in [6, 6.07) is 15.0. The average Bonchev–Trinajstić information content (AvgIpc) is 3.61. The Morgan fingerprint density at radius 1 is 1.27 bits per heavy atom. The van der Waals surface area contributed by atoms with Gasteiger partial charge in [-0.25, -0.2) is 9.37 Å². The Balaban J connectivity index is 1.40. The van der Waals surface area contributed by atoms with Crippen molar-refractivity contribution in [2.45, 2.75) is 69.2 Å². The molecule has 2 aliphatic rings. The van der Waals surface area contributed by atoms with Crippen molar-refractivity contribution in [3.8, 4) is 6.07 Å². The monoisotopic (exact) mass is 684 g/mol. The normalized spacial score (nSPS) is 22.1. The van der Waals surface area contributed by atoms with E-state index in [9.17, 15) is 19.6 Å². The Bertz CT molecular complexity index is 1970. The minimum absolute atomic E-state index is 0.0972. The third-order valence-corrected chi connectivity index (χ3v) is 9.34. The Morgan fingerprint density at radius 3 is 2.78 bits per heavy atom. The highest BCUT2D eigenvalue weighted by Gasteiger charge is 2.47. The predicted molar refractivity (Wildman–Crippen MR) is 184 cm³/mol. The smallest absolute Gasteiger partial charge is 0.271 e. The minimum atomic E-state index is -1.49. The molecule has 5 atom stereocenters. The fourth-order valence-electron chi connectivity index (χ4n) is 6.02. The number of pyridine rings is 1. The van der Waals surface area contributed by atoms with Gasteiger partial charge >= 0.3 is 0 Å². The first-order valence-corrected chi connectivity index (χ1v) is 16.6. The molecule has 49 heavy (non-hydrogen) atoms. The molecule has 254 valence electrons. The van der Waals surface area contributed by atoms with Gasteiger partial charge in [0, 0.05) is 39.0 Å². The minimum Gasteiger partial charge on any atom is -0.436 e. The topological polar surface area (TPSA) is 145 Å². The molecule has 1 fully saturated rings. The van der Waals surface area contributed by atoms with E-state index in [4.69, 9.17) is 25.7 Å². The molecule has 2 aromatic carbocycles. The first-order valence-electron chi connectivity index (χ1n) is 16.1. The molecule has 4 N–H and O–H groups in total. The zero-order valence-electron chi connectivity index (χ0n) is 27.5. The van der Waals surface area contributed by atoms with Crippen LogP contribution in [0.15, 0.2) is 71.3 Å². The number of aliphatic hydroxyl groups is 1. The van der Waals surface area contributed by atoms with E-state index in [0.29, 0.717) is 31.6 Å². The SMILES string of the molecule is COCc1cc(C(=O)NC2(c3nc4cc(CNCC(C)O)cc(C#N)c4o3)C=CC=C(c3ccccc3C)C2Cl)ncc1CN[C@@H]1C[C@@H]1F. The number of fused-ring (bicyclic) bond motifs is 1. The molecule has 4 aromatic rings. The number of methoxy groups -OCH3 is 1. The summed E-state index contributed by atoms with van der Waals surface area (Å²) in [6.45, 7) is 5.06. The zero-order valence-corrected chi connectivity index (χ0v) is 28.2. The molecule has 2 aromatic heterocycles. The number of aliphatic hydroxyl groups excluding tert-OH is 1. The molecule has 12 heteroatoms. The summed E-state index contributed by atoms with van der Waals surface area (Å²) in [5, 5.41) is 28.3. The Kier molecular flexibility index (Phi) is 10.2. The molecule has 1 saturated carbocycles. The van der Waals surface area contributed by atoms with Gasteiger partial charge < -0.3 is 30.2 Å². The van der Waals surface area contributed by atoms with Gasteiger partial charge in [-0.2, -0.15) is 5.26 Å². The van der Waals surface area contributed by atoms with Crippen molar-refractivity contribution in [1.82, 2.24) is 25.9 Å². The predicted octanol–water partition coefficient (Wildman–Crippen LogP) is 5.11. The number of nitrogens with zero attached hydrogens (tertiary/aromatic N) is 3. The number of ether oxygens (including phenoxy) is 1. The molecule has 1 amide bonds. The first-order chi connectivity index (χ1) is 23.6. The number of nitriles is 1. The van der Waals surface area contributed by atoms with Crippen LogP contribution in [-0.2, 0) is 30.0 Å². The van der Waals surface area contributed by atoms with Crippen molar-refractivity contribution >= 4 is 34.2 Å². The van der Waals surface area contributed by atoms with Crippen molar-refractivity contribution in [2.75, 3.05) is 13.7 Å². The van der Waals surface area contributed by atoms with Crippen LogP contribution >= 0.6 is 11.6 Å². The van der Waals surface area contributed by atoms with Gasteiger partial charge in [0.05, 0.1) is 23.7 Å². The second kappa shape index (κ2) is 14.6. The van der Waals surface area contributed by atoms with Crippen LogP contribution in [0.1, 0.15) is 63.1 Å². The number of hydrogen-bond donors (Lipinski definition) is 4. The maximum Gasteiger partial charge on any atom is 0.271 e. The Labute approximate surface area is 289 Å². The maximum atomic E-state index is 14.2. The lowest BCUT2D eigenvalue weighted by Crippen LogP contribution is -2.52. The van der Waals surface area contributed by atoms with Crippen LogP contribution in [0.4, 0.5) is 4.39 Å². The van der Waals surface area contributed by atoms with Crippen LogP contribution in [0.5, 0.6) is 0 Å². The molecular formula is C37H38ClFN6O4. The van der Waals surface area contributed by atoms with Crippen molar-refractivity contribution in [1.29, 1.82) is 5.26 Å². The number of benzene rings is 2. The van der Waals surface area contributed by atoms with Crippen molar-refractivity contribution in [3.63, 3.8) is 0 Å². The van der Waals surface area contributed by atoms with Crippen LogP contribution in [0.25, 0.3) is 16.7 Å². The first kappa shape index (κ1) is 34.4. The number of halogens is 2. The molecule has 0 saturated heterocycles. The van der Waals surface area contributed by atoms with E-state index in [1.54, 1.807) is 50.6 Å². The van der Waals surface area contributed by atoms with Gasteiger partial charge in [-0.05, 0) is 77.9 Å². The number of aromatic nitrogens is 2. The van der Waals surface area contributed by atoms with Gasteiger partial charge in [0.2, 0.25) is 5.89 Å². The highest BCUT2D eigenvalue weighted by Crippen LogP contribution is 2.43. The van der Waals surface area contributed by atoms with Crippen molar-refractivity contribution < 1.29 is 23.4 Å². The maximum absolute atomic E-state index is 14.2. The molecule has 0 spiro atoms. The number of allylic oxidation sites excluding steroid dienone is 2. The third kappa shape index (κ3) is 7.29. The molecule has 0 radical (unpaired) electrons. The molecule has 3 unspecified atom stereocenters. The third-order valence-electron chi connectivity index (χ3n) is 8.76. The fourth-order valence-corrected chi connectivity index (χ4v) is 6.44. The summed E-state index contributed by atoms with van der Waals surface area (Å²) in [5.74, 6) is -0.435. The largest absolute Gasteiger partial charge is 0.436 e. The number of amides is 1. The standard InChI is InChI=1S/C37H38ClFN6O4/c1-21-7-4-5-8-27(21)28-9-6-10-37(34(28)38,36-44-31-12-23(17-41-16-22(2)46)11-24(15-40)33(31)49-36)45-35(47)32-13-25(20-48-3)26(19-43-32)18-42-30-14-29(30)39/h4-13,19,22,29-30,34,41-42,46H,14,16-18,20H2,1-3H3,(H,45,47)/t22?,29-,30+,34?,37?/m0/s1. The number of nitrogens with one attached hydrogen (secondary N) is 3. The Hall–Kier alpha value is -4.44. The summed E-state index contributed by atoms with van der Waals surface area (Å²) in [5.41, 5.74) is 4.53. The lowest BCUT2D eigenvalue weighted by Gasteiger charge is -2.36. The number of aryl methyl sites for hydroxylation is 1. The second-order valence-corrected chi connectivity index (χ2v) is 13.0. The van der Waals surface area contributed by atoms with Crippen LogP contribution in [0.2, 0.25) is 0 Å². The van der Waals surface area contributed by atoms with E-state index < -0.39 is 29.1 Å². The molecule has 6 rings (SSSR count). The summed E-state index contributed by atoms with van der Waals surface area (Å²) in [6.07, 6.45) is 6.14. The van der Waals surface area contributed by atoms with E-state index in [-0.39, 0.29) is 35.4 Å². The molecule has 0 bridgehead atoms. The van der Waals surface area contributed by atoms with Crippen LogP contribution in [0, 0.1) is 18.3 Å². The van der Waals surface area contributed by atoms with Gasteiger partial charge in [-0.15, -0.1) is 11.6 Å². The van der Waals surface area contributed by atoms with Gasteiger partial charge in [-0.3, -0.25) is 9.78 Å². The van der Waals surface area contributed by atoms with Crippen LogP contribution in [-0.4, -0.2) is 58.3 Å². The van der Waals surface area contributed by atoms with E-state index in [0.717, 1.165) is 33.4 Å². The van der Waals surface area contributed by atoms with Gasteiger partial charge in [0.25, 0.3) is 5.91 Å². The summed E-state index contributed by atoms with van der Waals surface area (Å²) in [7, 11) is 1.56. The summed E-state index contributed by atoms with van der Waals surface area (Å²) >= 11 is 7.39. The van der Waals surface area contributed by atoms with Crippen molar-refractivity contribution in [2.24, 2.45) is 0 Å². The molecule has 10 nitrogen and oxygen atoms in total. The second-order valence-electron chi connectivity index (χ2n) is 12.6. The van der Waals surface area contributed by atoms with E-state index in [1.807, 2.05) is 37.3 Å². The van der Waals surface area contributed by atoms with E-state index in [2.05, 4.69) is 27.0 Å². The molecular weight excluding hydrogens is 647 g/mol. The van der Waals surface area contributed by atoms with Gasteiger partial charge in [0.1, 0.15) is 23.5 Å². The van der Waals surface area contributed by atoms with Crippen molar-refractivity contribution in [3.05, 3.63) is 112 Å². The fraction of sp³-hybridized carbons (Fsp3) is 0.351. The number of hydrogen-bond acceptors (Lipinski definition) is 9. The number of alkyl halides is 2. The lowest BCUT2D eigenvalue weighted by molar-refractivity contribution is 0.0901. The summed E-state index contributed by atoms with van der Waals surface area (Å²) in [4.78, 5) is 23.5.